The summed E-state index contributed by atoms with van der Waals surface area (Å²) in [4.78, 5) is 0. The van der Waals surface area contributed by atoms with Gasteiger partial charge in [-0.05, 0) is 32.4 Å². The first-order valence-electron chi connectivity index (χ1n) is 6.60. The maximum absolute atomic E-state index is 12.1. The number of nitrogens with zero attached hydrogens (tertiary/aromatic N) is 1. The fraction of sp³-hybridized carbons (Fsp3) is 1.00. The Labute approximate surface area is 107 Å². The van der Waals surface area contributed by atoms with Crippen LogP contribution in [0, 0.1) is 5.92 Å². The van der Waals surface area contributed by atoms with Crippen molar-refractivity contribution in [1.29, 1.82) is 0 Å². The first kappa shape index (κ1) is 16.9. The lowest BCUT2D eigenvalue weighted by molar-refractivity contribution is 0.361. The molecule has 0 bridgehead atoms. The second kappa shape index (κ2) is 8.89. The molecule has 17 heavy (non-hydrogen) atoms. The van der Waals surface area contributed by atoms with Crippen LogP contribution in [0.15, 0.2) is 0 Å². The van der Waals surface area contributed by atoms with Gasteiger partial charge in [0, 0.05) is 13.1 Å². The Morgan fingerprint density at radius 3 is 2.35 bits per heavy atom. The van der Waals surface area contributed by atoms with Gasteiger partial charge in [-0.3, -0.25) is 0 Å². The third-order valence-electron chi connectivity index (χ3n) is 3.04. The lowest BCUT2D eigenvalue weighted by Gasteiger charge is -2.23. The molecular weight excluding hydrogens is 236 g/mol. The average molecular weight is 264 g/mol. The van der Waals surface area contributed by atoms with Gasteiger partial charge in [-0.1, -0.05) is 27.2 Å². The lowest BCUT2D eigenvalue weighted by atomic mass is 10.1. The average Bonchev–Trinajstić information content (AvgIpc) is 2.31. The number of rotatable bonds is 10. The van der Waals surface area contributed by atoms with Crippen LogP contribution in [-0.2, 0) is 10.0 Å². The normalized spacial score (nSPS) is 14.2. The SMILES string of the molecule is CCC(C)CN(CC)S(=O)(=O)CCCCNC. The molecular formula is C12H28N2O2S. The van der Waals surface area contributed by atoms with E-state index in [1.54, 1.807) is 4.31 Å². The fourth-order valence-electron chi connectivity index (χ4n) is 1.63. The second-order valence-electron chi connectivity index (χ2n) is 4.59. The summed E-state index contributed by atoms with van der Waals surface area (Å²) in [5, 5.41) is 3.03. The van der Waals surface area contributed by atoms with Gasteiger partial charge in [0.1, 0.15) is 0 Å². The van der Waals surface area contributed by atoms with E-state index >= 15 is 0 Å². The molecule has 0 aliphatic carbocycles. The molecule has 5 heteroatoms. The summed E-state index contributed by atoms with van der Waals surface area (Å²) in [5.41, 5.74) is 0. The van der Waals surface area contributed by atoms with Crippen LogP contribution in [0.1, 0.15) is 40.0 Å². The monoisotopic (exact) mass is 264 g/mol. The van der Waals surface area contributed by atoms with Gasteiger partial charge in [-0.25, -0.2) is 12.7 Å². The molecule has 0 aliphatic rings. The third-order valence-corrected chi connectivity index (χ3v) is 5.04. The van der Waals surface area contributed by atoms with Crippen LogP contribution in [0.5, 0.6) is 0 Å². The van der Waals surface area contributed by atoms with Crippen molar-refractivity contribution in [3.8, 4) is 0 Å². The van der Waals surface area contributed by atoms with Crippen molar-refractivity contribution in [1.82, 2.24) is 9.62 Å². The van der Waals surface area contributed by atoms with Crippen molar-refractivity contribution < 1.29 is 8.42 Å². The van der Waals surface area contributed by atoms with Crippen LogP contribution in [-0.4, -0.2) is 45.2 Å². The Kier molecular flexibility index (Phi) is 8.82. The topological polar surface area (TPSA) is 49.4 Å². The number of sulfonamides is 1. The van der Waals surface area contributed by atoms with Gasteiger partial charge >= 0.3 is 0 Å². The number of nitrogens with one attached hydrogen (secondary N) is 1. The number of unbranched alkanes of at least 4 members (excludes halogenated alkanes) is 1. The molecule has 1 N–H and O–H groups in total. The minimum absolute atomic E-state index is 0.277. The molecule has 0 saturated carbocycles. The summed E-state index contributed by atoms with van der Waals surface area (Å²) in [5.74, 6) is 0.709. The van der Waals surface area contributed by atoms with Crippen molar-refractivity contribution in [2.75, 3.05) is 32.4 Å². The maximum Gasteiger partial charge on any atom is 0.214 e. The van der Waals surface area contributed by atoms with E-state index in [1.165, 1.54) is 0 Å². The van der Waals surface area contributed by atoms with Crippen LogP contribution in [0.3, 0.4) is 0 Å². The number of hydrogen-bond donors (Lipinski definition) is 1. The molecule has 0 aliphatic heterocycles. The highest BCUT2D eigenvalue weighted by atomic mass is 32.2. The van der Waals surface area contributed by atoms with Gasteiger partial charge in [0.15, 0.2) is 0 Å². The zero-order chi connectivity index (χ0) is 13.3. The minimum Gasteiger partial charge on any atom is -0.320 e. The van der Waals surface area contributed by atoms with Gasteiger partial charge < -0.3 is 5.32 Å². The number of hydrogen-bond acceptors (Lipinski definition) is 3. The smallest absolute Gasteiger partial charge is 0.214 e. The van der Waals surface area contributed by atoms with Crippen LogP contribution in [0.4, 0.5) is 0 Å². The summed E-state index contributed by atoms with van der Waals surface area (Å²) >= 11 is 0. The quantitative estimate of drug-likeness (QED) is 0.611. The van der Waals surface area contributed by atoms with Crippen molar-refractivity contribution >= 4 is 10.0 Å². The van der Waals surface area contributed by atoms with E-state index in [4.69, 9.17) is 0 Å². The zero-order valence-electron chi connectivity index (χ0n) is 11.7. The molecule has 104 valence electrons. The Hall–Kier alpha value is -0.130. The van der Waals surface area contributed by atoms with Crippen molar-refractivity contribution in [3.05, 3.63) is 0 Å². The highest BCUT2D eigenvalue weighted by molar-refractivity contribution is 7.89. The molecule has 0 fully saturated rings. The van der Waals surface area contributed by atoms with E-state index < -0.39 is 10.0 Å². The maximum atomic E-state index is 12.1. The van der Waals surface area contributed by atoms with E-state index in [2.05, 4.69) is 19.2 Å². The fourth-order valence-corrected chi connectivity index (χ4v) is 3.33. The van der Waals surface area contributed by atoms with Crippen LogP contribution < -0.4 is 5.32 Å². The molecule has 0 rings (SSSR count). The molecule has 1 atom stereocenters. The van der Waals surface area contributed by atoms with Crippen molar-refractivity contribution in [2.45, 2.75) is 40.0 Å². The van der Waals surface area contributed by atoms with Gasteiger partial charge in [0.25, 0.3) is 0 Å². The summed E-state index contributed by atoms with van der Waals surface area (Å²) in [7, 11) is -1.17. The van der Waals surface area contributed by atoms with Crippen LogP contribution in [0.25, 0.3) is 0 Å². The van der Waals surface area contributed by atoms with Gasteiger partial charge in [0.2, 0.25) is 10.0 Å². The molecule has 0 radical (unpaired) electrons. The molecule has 0 aromatic carbocycles. The highest BCUT2D eigenvalue weighted by Gasteiger charge is 2.21. The predicted molar refractivity (Wildman–Crippen MR) is 73.6 cm³/mol. The van der Waals surface area contributed by atoms with Crippen molar-refractivity contribution in [2.24, 2.45) is 5.92 Å². The molecule has 0 aromatic rings. The Morgan fingerprint density at radius 2 is 1.88 bits per heavy atom. The summed E-state index contributed by atoms with van der Waals surface area (Å²) in [6.45, 7) is 8.22. The van der Waals surface area contributed by atoms with E-state index in [0.29, 0.717) is 19.0 Å². The van der Waals surface area contributed by atoms with E-state index in [0.717, 1.165) is 25.8 Å². The Bertz CT molecular complexity index is 278. The van der Waals surface area contributed by atoms with E-state index in [-0.39, 0.29) is 5.75 Å². The van der Waals surface area contributed by atoms with Gasteiger partial charge in [-0.2, -0.15) is 0 Å². The van der Waals surface area contributed by atoms with Crippen LogP contribution >= 0.6 is 0 Å². The molecule has 0 amide bonds. The largest absolute Gasteiger partial charge is 0.320 e. The Morgan fingerprint density at radius 1 is 1.24 bits per heavy atom. The molecule has 0 aromatic heterocycles. The van der Waals surface area contributed by atoms with Gasteiger partial charge in [-0.15, -0.1) is 0 Å². The first-order chi connectivity index (χ1) is 7.97. The Balaban J connectivity index is 4.23. The predicted octanol–water partition coefficient (Wildman–Crippen LogP) is 1.68. The minimum atomic E-state index is -3.05. The van der Waals surface area contributed by atoms with Crippen molar-refractivity contribution in [3.63, 3.8) is 0 Å². The van der Waals surface area contributed by atoms with Crippen LogP contribution in [0.2, 0.25) is 0 Å². The molecule has 1 unspecified atom stereocenters. The third kappa shape index (κ3) is 7.01. The van der Waals surface area contributed by atoms with Gasteiger partial charge in [0.05, 0.1) is 5.75 Å². The standard InChI is InChI=1S/C12H28N2O2S/c1-5-12(3)11-14(6-2)17(15,16)10-8-7-9-13-4/h12-13H,5-11H2,1-4H3. The summed E-state index contributed by atoms with van der Waals surface area (Å²) in [6.07, 6.45) is 2.67. The lowest BCUT2D eigenvalue weighted by Crippen LogP contribution is -2.36. The molecule has 0 spiro atoms. The highest BCUT2D eigenvalue weighted by Crippen LogP contribution is 2.10. The van der Waals surface area contributed by atoms with E-state index in [1.807, 2.05) is 14.0 Å². The first-order valence-corrected chi connectivity index (χ1v) is 8.21. The molecule has 0 saturated heterocycles. The summed E-state index contributed by atoms with van der Waals surface area (Å²) in [6, 6.07) is 0. The molecule has 0 heterocycles. The second-order valence-corrected chi connectivity index (χ2v) is 6.68. The van der Waals surface area contributed by atoms with E-state index in [9.17, 15) is 8.42 Å². The summed E-state index contributed by atoms with van der Waals surface area (Å²) < 4.78 is 25.8. The molecule has 4 nitrogen and oxygen atoms in total. The zero-order valence-corrected chi connectivity index (χ0v) is 12.5.